The van der Waals surface area contributed by atoms with Gasteiger partial charge in [0.1, 0.15) is 0 Å². The van der Waals surface area contributed by atoms with Gasteiger partial charge in [0.05, 0.1) is 6.54 Å². The molecule has 3 nitrogen and oxygen atoms in total. The van der Waals surface area contributed by atoms with E-state index in [1.54, 1.807) is 0 Å². The summed E-state index contributed by atoms with van der Waals surface area (Å²) >= 11 is 0. The first-order valence-electron chi connectivity index (χ1n) is 5.18. The van der Waals surface area contributed by atoms with Gasteiger partial charge < -0.3 is 10.6 Å². The molecule has 0 aromatic rings. The topological polar surface area (TPSA) is 41.1 Å². The molecule has 0 bridgehead atoms. The second-order valence-electron chi connectivity index (χ2n) is 3.21. The van der Waals surface area contributed by atoms with Crippen LogP contribution in [0.2, 0.25) is 0 Å². The fourth-order valence-electron chi connectivity index (χ4n) is 1.13. The summed E-state index contributed by atoms with van der Waals surface area (Å²) in [5.41, 5.74) is 0. The first-order chi connectivity index (χ1) is 6.74. The monoisotopic (exact) mass is 196 g/mol. The number of hydrogen-bond acceptors (Lipinski definition) is 2. The highest BCUT2D eigenvalue weighted by Crippen LogP contribution is 1.94. The van der Waals surface area contributed by atoms with Gasteiger partial charge in [-0.25, -0.2) is 0 Å². The Morgan fingerprint density at radius 2 is 2.07 bits per heavy atom. The largest absolute Gasteiger partial charge is 0.352 e. The molecule has 0 rings (SSSR count). The zero-order chi connectivity index (χ0) is 10.8. The molecule has 3 heteroatoms. The smallest absolute Gasteiger partial charge is 0.234 e. The molecule has 0 aliphatic rings. The van der Waals surface area contributed by atoms with Crippen LogP contribution in [0, 0.1) is 12.3 Å². The van der Waals surface area contributed by atoms with Gasteiger partial charge in [-0.3, -0.25) is 4.79 Å². The van der Waals surface area contributed by atoms with Crippen molar-refractivity contribution in [1.82, 2.24) is 10.6 Å². The van der Waals surface area contributed by atoms with Crippen molar-refractivity contribution < 1.29 is 4.79 Å². The van der Waals surface area contributed by atoms with Crippen LogP contribution in [0.4, 0.5) is 0 Å². The fraction of sp³-hybridized carbons (Fsp3) is 0.727. The van der Waals surface area contributed by atoms with E-state index in [9.17, 15) is 4.79 Å². The lowest BCUT2D eigenvalue weighted by atomic mass is 10.2. The average molecular weight is 196 g/mol. The van der Waals surface area contributed by atoms with Crippen LogP contribution < -0.4 is 10.6 Å². The Kier molecular flexibility index (Phi) is 7.96. The maximum atomic E-state index is 11.3. The second-order valence-corrected chi connectivity index (χ2v) is 3.21. The maximum Gasteiger partial charge on any atom is 0.234 e. The van der Waals surface area contributed by atoms with Gasteiger partial charge in [0.15, 0.2) is 0 Å². The molecule has 1 amide bonds. The van der Waals surface area contributed by atoms with Gasteiger partial charge in [-0.15, -0.1) is 12.3 Å². The average Bonchev–Trinajstić information content (AvgIpc) is 2.21. The van der Waals surface area contributed by atoms with E-state index >= 15 is 0 Å². The highest BCUT2D eigenvalue weighted by atomic mass is 16.1. The lowest BCUT2D eigenvalue weighted by molar-refractivity contribution is -0.121. The maximum absolute atomic E-state index is 11.3. The number of nitrogens with one attached hydrogen (secondary N) is 2. The minimum absolute atomic E-state index is 0.0516. The van der Waals surface area contributed by atoms with E-state index in [0.29, 0.717) is 25.6 Å². The van der Waals surface area contributed by atoms with E-state index < -0.39 is 0 Å². The number of rotatable bonds is 7. The molecule has 80 valence electrons. The third-order valence-corrected chi connectivity index (χ3v) is 2.08. The van der Waals surface area contributed by atoms with E-state index in [1.807, 2.05) is 0 Å². The highest BCUT2D eigenvalue weighted by molar-refractivity contribution is 5.78. The van der Waals surface area contributed by atoms with Crippen molar-refractivity contribution in [1.29, 1.82) is 0 Å². The lowest BCUT2D eigenvalue weighted by Gasteiger charge is -2.14. The third kappa shape index (κ3) is 6.50. The molecule has 0 aliphatic carbocycles. The standard InChI is InChI=1S/C11H20N2O/c1-4-7-8-12-9-11(14)13-10(5-2)6-3/h1,10,12H,5-9H2,2-3H3,(H,13,14). The Balaban J connectivity index is 3.50. The minimum Gasteiger partial charge on any atom is -0.352 e. The highest BCUT2D eigenvalue weighted by Gasteiger charge is 2.06. The molecule has 0 saturated heterocycles. The Morgan fingerprint density at radius 1 is 1.43 bits per heavy atom. The van der Waals surface area contributed by atoms with Crippen LogP contribution in [-0.2, 0) is 4.79 Å². The van der Waals surface area contributed by atoms with Gasteiger partial charge in [-0.2, -0.15) is 0 Å². The molecular formula is C11H20N2O. The van der Waals surface area contributed by atoms with E-state index in [4.69, 9.17) is 6.42 Å². The molecule has 0 heterocycles. The van der Waals surface area contributed by atoms with Crippen molar-refractivity contribution in [3.63, 3.8) is 0 Å². The molecule has 2 N–H and O–H groups in total. The number of terminal acetylenes is 1. The van der Waals surface area contributed by atoms with Crippen LogP contribution in [0.3, 0.4) is 0 Å². The van der Waals surface area contributed by atoms with E-state index in [2.05, 4.69) is 30.4 Å². The zero-order valence-corrected chi connectivity index (χ0v) is 9.10. The second kappa shape index (κ2) is 8.58. The summed E-state index contributed by atoms with van der Waals surface area (Å²) in [5, 5.41) is 5.93. The lowest BCUT2D eigenvalue weighted by Crippen LogP contribution is -2.40. The molecule has 0 unspecified atom stereocenters. The van der Waals surface area contributed by atoms with Gasteiger partial charge in [-0.05, 0) is 12.8 Å². The van der Waals surface area contributed by atoms with Crippen LogP contribution >= 0.6 is 0 Å². The molecule has 0 aromatic carbocycles. The predicted molar refractivity (Wildman–Crippen MR) is 58.8 cm³/mol. The van der Waals surface area contributed by atoms with Crippen LogP contribution in [0.15, 0.2) is 0 Å². The number of amides is 1. The minimum atomic E-state index is 0.0516. The molecular weight excluding hydrogens is 176 g/mol. The molecule has 0 radical (unpaired) electrons. The zero-order valence-electron chi connectivity index (χ0n) is 9.10. The van der Waals surface area contributed by atoms with Gasteiger partial charge in [0, 0.05) is 19.0 Å². The summed E-state index contributed by atoms with van der Waals surface area (Å²) < 4.78 is 0. The molecule has 0 spiro atoms. The quantitative estimate of drug-likeness (QED) is 0.469. The van der Waals surface area contributed by atoms with E-state index in [0.717, 1.165) is 12.8 Å². The Hall–Kier alpha value is -1.01. The Bertz CT molecular complexity index is 192. The van der Waals surface area contributed by atoms with Crippen molar-refractivity contribution >= 4 is 5.91 Å². The summed E-state index contributed by atoms with van der Waals surface area (Å²) in [6.45, 7) is 5.20. The molecule has 0 fully saturated rings. The van der Waals surface area contributed by atoms with E-state index in [-0.39, 0.29) is 5.91 Å². The predicted octanol–water partition coefficient (Wildman–Crippen LogP) is 0.904. The number of carbonyl (C=O) groups is 1. The summed E-state index contributed by atoms with van der Waals surface area (Å²) in [6, 6.07) is 0.303. The molecule has 0 atom stereocenters. The molecule has 0 saturated carbocycles. The van der Waals surface area contributed by atoms with Crippen molar-refractivity contribution in [2.75, 3.05) is 13.1 Å². The van der Waals surface area contributed by atoms with E-state index in [1.165, 1.54) is 0 Å². The summed E-state index contributed by atoms with van der Waals surface area (Å²) in [5.74, 6) is 2.56. The fourth-order valence-corrected chi connectivity index (χ4v) is 1.13. The SMILES string of the molecule is C#CCCNCC(=O)NC(CC)CC. The molecule has 0 aromatic heterocycles. The van der Waals surface area contributed by atoms with Crippen molar-refractivity contribution in [2.45, 2.75) is 39.2 Å². The summed E-state index contributed by atoms with van der Waals surface area (Å²) in [7, 11) is 0. The van der Waals surface area contributed by atoms with Gasteiger partial charge in [0.25, 0.3) is 0 Å². The van der Waals surface area contributed by atoms with Crippen molar-refractivity contribution in [3.05, 3.63) is 0 Å². The Labute approximate surface area is 86.6 Å². The third-order valence-electron chi connectivity index (χ3n) is 2.08. The van der Waals surface area contributed by atoms with Crippen LogP contribution in [0.25, 0.3) is 0 Å². The number of carbonyl (C=O) groups excluding carboxylic acids is 1. The first-order valence-corrected chi connectivity index (χ1v) is 5.18. The van der Waals surface area contributed by atoms with Gasteiger partial charge in [-0.1, -0.05) is 13.8 Å². The Morgan fingerprint density at radius 3 is 2.57 bits per heavy atom. The van der Waals surface area contributed by atoms with Gasteiger partial charge in [0.2, 0.25) is 5.91 Å². The van der Waals surface area contributed by atoms with Crippen molar-refractivity contribution in [3.8, 4) is 12.3 Å². The molecule has 0 aliphatic heterocycles. The normalized spacial score (nSPS) is 9.86. The summed E-state index contributed by atoms with van der Waals surface area (Å²) in [6.07, 6.45) is 7.70. The molecule has 14 heavy (non-hydrogen) atoms. The first kappa shape index (κ1) is 13.0. The van der Waals surface area contributed by atoms with Crippen LogP contribution in [0.5, 0.6) is 0 Å². The van der Waals surface area contributed by atoms with Crippen molar-refractivity contribution in [2.24, 2.45) is 0 Å². The van der Waals surface area contributed by atoms with Crippen LogP contribution in [-0.4, -0.2) is 25.0 Å². The van der Waals surface area contributed by atoms with Gasteiger partial charge >= 0.3 is 0 Å². The van der Waals surface area contributed by atoms with Crippen LogP contribution in [0.1, 0.15) is 33.1 Å². The summed E-state index contributed by atoms with van der Waals surface area (Å²) in [4.78, 5) is 11.3. The number of hydrogen-bond donors (Lipinski definition) is 2.